The highest BCUT2D eigenvalue weighted by atomic mass is 16.4. The van der Waals surface area contributed by atoms with Crippen LogP contribution in [-0.4, -0.2) is 59.9 Å². The molecule has 1 atom stereocenters. The average Bonchev–Trinajstić information content (AvgIpc) is 2.96. The SMILES string of the molecule is Cc1ccc(C(CC(=O)O)NC(=O)c2ccc(N3CCN(C(=O)c4ccccc4)CC3)c(NC(=O)C3CCC3)c2)cc1. The quantitative estimate of drug-likeness (QED) is 0.346. The first-order valence-electron chi connectivity index (χ1n) is 14.4. The average molecular weight is 569 g/mol. The molecule has 0 aromatic heterocycles. The van der Waals surface area contributed by atoms with E-state index < -0.39 is 17.9 Å². The maximum absolute atomic E-state index is 13.4. The van der Waals surface area contributed by atoms with Crippen LogP contribution in [0.2, 0.25) is 0 Å². The fourth-order valence-electron chi connectivity index (χ4n) is 5.34. The second-order valence-electron chi connectivity index (χ2n) is 11.0. The van der Waals surface area contributed by atoms with Crippen molar-refractivity contribution in [1.82, 2.24) is 10.2 Å². The van der Waals surface area contributed by atoms with Gasteiger partial charge in [0.2, 0.25) is 5.91 Å². The minimum atomic E-state index is -1.02. The van der Waals surface area contributed by atoms with Gasteiger partial charge in [-0.3, -0.25) is 19.2 Å². The molecule has 1 aliphatic heterocycles. The van der Waals surface area contributed by atoms with E-state index in [2.05, 4.69) is 15.5 Å². The van der Waals surface area contributed by atoms with Gasteiger partial charge in [-0.1, -0.05) is 54.4 Å². The summed E-state index contributed by atoms with van der Waals surface area (Å²) in [5, 5.41) is 15.4. The summed E-state index contributed by atoms with van der Waals surface area (Å²) >= 11 is 0. The van der Waals surface area contributed by atoms with Crippen LogP contribution in [0.1, 0.15) is 63.6 Å². The van der Waals surface area contributed by atoms with Crippen molar-refractivity contribution < 1.29 is 24.3 Å². The standard InChI is InChI=1S/C33H36N4O5/c1-22-10-12-23(13-11-22)27(21-30(38)39)34-32(41)26-14-15-29(28(20-26)35-31(40)24-8-5-9-24)36-16-18-37(19-17-36)33(42)25-6-3-2-4-7-25/h2-4,6-7,10-15,20,24,27H,5,8-9,16-19,21H2,1H3,(H,34,41)(H,35,40)(H,38,39). The van der Waals surface area contributed by atoms with E-state index in [1.165, 1.54) is 0 Å². The number of benzene rings is 3. The van der Waals surface area contributed by atoms with Crippen molar-refractivity contribution in [3.63, 3.8) is 0 Å². The number of carbonyl (C=O) groups excluding carboxylic acids is 3. The van der Waals surface area contributed by atoms with Crippen LogP contribution >= 0.6 is 0 Å². The minimum Gasteiger partial charge on any atom is -0.481 e. The van der Waals surface area contributed by atoms with Gasteiger partial charge < -0.3 is 25.5 Å². The van der Waals surface area contributed by atoms with E-state index in [1.807, 2.05) is 72.5 Å². The topological polar surface area (TPSA) is 119 Å². The van der Waals surface area contributed by atoms with Gasteiger partial charge in [0.05, 0.1) is 23.8 Å². The molecule has 5 rings (SSSR count). The zero-order chi connectivity index (χ0) is 29.6. The highest BCUT2D eigenvalue weighted by Crippen LogP contribution is 2.32. The molecule has 3 amide bonds. The molecule has 0 spiro atoms. The summed E-state index contributed by atoms with van der Waals surface area (Å²) in [5.41, 5.74) is 4.03. The molecule has 3 N–H and O–H groups in total. The molecule has 1 aliphatic carbocycles. The fraction of sp³-hybridized carbons (Fsp3) is 0.333. The second kappa shape index (κ2) is 12.9. The Labute approximate surface area is 245 Å². The van der Waals surface area contributed by atoms with E-state index in [4.69, 9.17) is 0 Å². The van der Waals surface area contributed by atoms with Gasteiger partial charge in [0.1, 0.15) is 0 Å². The zero-order valence-corrected chi connectivity index (χ0v) is 23.7. The second-order valence-corrected chi connectivity index (χ2v) is 11.0. The zero-order valence-electron chi connectivity index (χ0n) is 23.7. The first-order chi connectivity index (χ1) is 20.3. The Hall–Kier alpha value is -4.66. The molecular formula is C33H36N4O5. The molecule has 1 heterocycles. The summed E-state index contributed by atoms with van der Waals surface area (Å²) in [7, 11) is 0. The lowest BCUT2D eigenvalue weighted by Crippen LogP contribution is -2.49. The van der Waals surface area contributed by atoms with Gasteiger partial charge in [-0.2, -0.15) is 0 Å². The number of anilines is 2. The molecule has 1 saturated carbocycles. The van der Waals surface area contributed by atoms with Gasteiger partial charge >= 0.3 is 5.97 Å². The summed E-state index contributed by atoms with van der Waals surface area (Å²) in [4.78, 5) is 54.8. The van der Waals surface area contributed by atoms with Crippen LogP contribution in [0.15, 0.2) is 72.8 Å². The Balaban J connectivity index is 1.34. The lowest BCUT2D eigenvalue weighted by molar-refractivity contribution is -0.137. The van der Waals surface area contributed by atoms with Crippen molar-refractivity contribution in [3.05, 3.63) is 95.1 Å². The number of carboxylic acid groups (broad SMARTS) is 1. The number of nitrogens with zero attached hydrogens (tertiary/aromatic N) is 2. The summed E-state index contributed by atoms with van der Waals surface area (Å²) in [5.74, 6) is -1.57. The molecule has 2 aliphatic rings. The summed E-state index contributed by atoms with van der Waals surface area (Å²) in [6, 6.07) is 21.1. The molecule has 3 aromatic carbocycles. The lowest BCUT2D eigenvalue weighted by atomic mass is 9.85. The predicted molar refractivity (Wildman–Crippen MR) is 161 cm³/mol. The van der Waals surface area contributed by atoms with Gasteiger partial charge in [-0.15, -0.1) is 0 Å². The Bertz CT molecular complexity index is 1450. The third kappa shape index (κ3) is 6.79. The fourth-order valence-corrected chi connectivity index (χ4v) is 5.34. The van der Waals surface area contributed by atoms with Crippen LogP contribution in [0.4, 0.5) is 11.4 Å². The van der Waals surface area contributed by atoms with Crippen molar-refractivity contribution in [1.29, 1.82) is 0 Å². The Morgan fingerprint density at radius 2 is 1.57 bits per heavy atom. The van der Waals surface area contributed by atoms with Crippen LogP contribution in [-0.2, 0) is 9.59 Å². The Morgan fingerprint density at radius 3 is 2.19 bits per heavy atom. The first kappa shape index (κ1) is 28.9. The molecular weight excluding hydrogens is 532 g/mol. The summed E-state index contributed by atoms with van der Waals surface area (Å²) in [6.07, 6.45) is 2.45. The van der Waals surface area contributed by atoms with Crippen molar-refractivity contribution in [2.45, 2.75) is 38.6 Å². The van der Waals surface area contributed by atoms with Crippen LogP contribution < -0.4 is 15.5 Å². The van der Waals surface area contributed by atoms with E-state index in [9.17, 15) is 24.3 Å². The number of carbonyl (C=O) groups is 4. The monoisotopic (exact) mass is 568 g/mol. The van der Waals surface area contributed by atoms with E-state index in [0.29, 0.717) is 48.6 Å². The molecule has 218 valence electrons. The smallest absolute Gasteiger partial charge is 0.305 e. The number of nitrogens with one attached hydrogen (secondary N) is 2. The number of hydrogen-bond donors (Lipinski definition) is 3. The summed E-state index contributed by atoms with van der Waals surface area (Å²) < 4.78 is 0. The highest BCUT2D eigenvalue weighted by Gasteiger charge is 2.28. The molecule has 9 heteroatoms. The van der Waals surface area contributed by atoms with Gasteiger partial charge in [-0.25, -0.2) is 0 Å². The molecule has 0 radical (unpaired) electrons. The Morgan fingerprint density at radius 1 is 0.881 bits per heavy atom. The van der Waals surface area contributed by atoms with Gasteiger partial charge in [0.15, 0.2) is 0 Å². The molecule has 1 unspecified atom stereocenters. The number of aliphatic carboxylic acids is 1. The lowest BCUT2D eigenvalue weighted by Gasteiger charge is -2.37. The molecule has 9 nitrogen and oxygen atoms in total. The third-order valence-corrected chi connectivity index (χ3v) is 8.08. The normalized spacial score (nSPS) is 15.8. The number of hydrogen-bond acceptors (Lipinski definition) is 5. The largest absolute Gasteiger partial charge is 0.481 e. The van der Waals surface area contributed by atoms with E-state index >= 15 is 0 Å². The van der Waals surface area contributed by atoms with E-state index in [1.54, 1.807) is 12.1 Å². The van der Waals surface area contributed by atoms with Crippen molar-refractivity contribution in [2.24, 2.45) is 5.92 Å². The third-order valence-electron chi connectivity index (χ3n) is 8.08. The maximum atomic E-state index is 13.4. The van der Waals surface area contributed by atoms with Crippen LogP contribution in [0.3, 0.4) is 0 Å². The number of carboxylic acids is 1. The molecule has 3 aromatic rings. The minimum absolute atomic E-state index is 0.00901. The van der Waals surface area contributed by atoms with Gasteiger partial charge in [0.25, 0.3) is 11.8 Å². The maximum Gasteiger partial charge on any atom is 0.305 e. The van der Waals surface area contributed by atoms with Crippen molar-refractivity contribution in [3.8, 4) is 0 Å². The molecule has 42 heavy (non-hydrogen) atoms. The first-order valence-corrected chi connectivity index (χ1v) is 14.4. The van der Waals surface area contributed by atoms with Gasteiger partial charge in [0, 0.05) is 43.2 Å². The van der Waals surface area contributed by atoms with Crippen molar-refractivity contribution >= 4 is 35.1 Å². The van der Waals surface area contributed by atoms with Crippen LogP contribution in [0.5, 0.6) is 0 Å². The highest BCUT2D eigenvalue weighted by molar-refractivity contribution is 6.01. The van der Waals surface area contributed by atoms with E-state index in [-0.39, 0.29) is 24.2 Å². The number of amides is 3. The molecule has 2 fully saturated rings. The number of aryl methyl sites for hydroxylation is 1. The predicted octanol–water partition coefficient (Wildman–Crippen LogP) is 4.64. The number of piperazine rings is 1. The van der Waals surface area contributed by atoms with Gasteiger partial charge in [-0.05, 0) is 55.7 Å². The van der Waals surface area contributed by atoms with Crippen molar-refractivity contribution in [2.75, 3.05) is 36.4 Å². The Kier molecular flexibility index (Phi) is 8.85. The number of rotatable bonds is 9. The summed E-state index contributed by atoms with van der Waals surface area (Å²) in [6.45, 7) is 4.14. The van der Waals surface area contributed by atoms with Crippen LogP contribution in [0.25, 0.3) is 0 Å². The molecule has 0 bridgehead atoms. The molecule has 1 saturated heterocycles. The van der Waals surface area contributed by atoms with E-state index in [0.717, 1.165) is 30.5 Å². The van der Waals surface area contributed by atoms with Crippen LogP contribution in [0, 0.1) is 12.8 Å².